The SMILES string of the molecule is CON(Cc1ccc(-c2noc(C(F)(F)F)n2)cc1)C(=O)NC1CCCC1. The number of hydrogen-bond acceptors (Lipinski definition) is 5. The summed E-state index contributed by atoms with van der Waals surface area (Å²) >= 11 is 0. The molecule has 1 N–H and O–H groups in total. The first kappa shape index (κ1) is 19.2. The first-order chi connectivity index (χ1) is 12.9. The van der Waals surface area contributed by atoms with E-state index in [2.05, 4.69) is 20.0 Å². The van der Waals surface area contributed by atoms with E-state index in [1.807, 2.05) is 0 Å². The van der Waals surface area contributed by atoms with Crippen LogP contribution in [0.3, 0.4) is 0 Å². The van der Waals surface area contributed by atoms with E-state index in [9.17, 15) is 18.0 Å². The van der Waals surface area contributed by atoms with Crippen LogP contribution in [0, 0.1) is 0 Å². The minimum Gasteiger partial charge on any atom is -0.333 e. The Hall–Kier alpha value is -2.62. The highest BCUT2D eigenvalue weighted by Crippen LogP contribution is 2.29. The predicted octanol–water partition coefficient (Wildman–Crippen LogP) is 3.77. The molecule has 1 fully saturated rings. The van der Waals surface area contributed by atoms with E-state index in [0.717, 1.165) is 31.2 Å². The van der Waals surface area contributed by atoms with Gasteiger partial charge in [-0.3, -0.25) is 4.84 Å². The maximum absolute atomic E-state index is 12.5. The average Bonchev–Trinajstić information content (AvgIpc) is 3.31. The van der Waals surface area contributed by atoms with Crippen LogP contribution >= 0.6 is 0 Å². The van der Waals surface area contributed by atoms with Gasteiger partial charge in [0.2, 0.25) is 5.82 Å². The van der Waals surface area contributed by atoms with Gasteiger partial charge in [0.05, 0.1) is 13.7 Å². The van der Waals surface area contributed by atoms with Crippen LogP contribution < -0.4 is 5.32 Å². The third-order valence-corrected chi connectivity index (χ3v) is 4.34. The molecular formula is C17H19F3N4O3. The Kier molecular flexibility index (Phi) is 5.64. The van der Waals surface area contributed by atoms with Gasteiger partial charge in [0.25, 0.3) is 0 Å². The van der Waals surface area contributed by atoms with E-state index in [4.69, 9.17) is 4.84 Å². The second-order valence-corrected chi connectivity index (χ2v) is 6.27. The van der Waals surface area contributed by atoms with Gasteiger partial charge < -0.3 is 9.84 Å². The monoisotopic (exact) mass is 384 g/mol. The molecule has 1 aromatic carbocycles. The molecule has 7 nitrogen and oxygen atoms in total. The lowest BCUT2D eigenvalue weighted by molar-refractivity contribution is -0.159. The number of urea groups is 1. The van der Waals surface area contributed by atoms with E-state index in [1.54, 1.807) is 24.3 Å². The topological polar surface area (TPSA) is 80.5 Å². The molecule has 27 heavy (non-hydrogen) atoms. The highest BCUT2D eigenvalue weighted by Gasteiger charge is 2.38. The molecule has 2 aromatic rings. The number of nitrogens with one attached hydrogen (secondary N) is 1. The van der Waals surface area contributed by atoms with E-state index >= 15 is 0 Å². The highest BCUT2D eigenvalue weighted by molar-refractivity contribution is 5.73. The van der Waals surface area contributed by atoms with Gasteiger partial charge in [-0.15, -0.1) is 0 Å². The van der Waals surface area contributed by atoms with Crippen molar-refractivity contribution in [1.29, 1.82) is 0 Å². The van der Waals surface area contributed by atoms with Crippen molar-refractivity contribution in [1.82, 2.24) is 20.5 Å². The van der Waals surface area contributed by atoms with Gasteiger partial charge in [0.1, 0.15) is 0 Å². The van der Waals surface area contributed by atoms with Crippen molar-refractivity contribution in [3.63, 3.8) is 0 Å². The predicted molar refractivity (Wildman–Crippen MR) is 88.1 cm³/mol. The van der Waals surface area contributed by atoms with Crippen LogP contribution in [0.2, 0.25) is 0 Å². The first-order valence-electron chi connectivity index (χ1n) is 8.49. The zero-order valence-electron chi connectivity index (χ0n) is 14.6. The Labute approximate surface area is 153 Å². The number of nitrogens with zero attached hydrogens (tertiary/aromatic N) is 3. The van der Waals surface area contributed by atoms with Crippen LogP contribution in [0.25, 0.3) is 11.4 Å². The lowest BCUT2D eigenvalue weighted by atomic mass is 10.1. The van der Waals surface area contributed by atoms with E-state index in [0.29, 0.717) is 5.56 Å². The number of hydroxylamine groups is 2. The molecule has 146 valence electrons. The Balaban J connectivity index is 1.63. The number of hydrogen-bond donors (Lipinski definition) is 1. The maximum atomic E-state index is 12.5. The van der Waals surface area contributed by atoms with Gasteiger partial charge in [-0.05, 0) is 18.4 Å². The van der Waals surface area contributed by atoms with E-state index < -0.39 is 12.1 Å². The molecule has 0 bridgehead atoms. The summed E-state index contributed by atoms with van der Waals surface area (Å²) in [6.45, 7) is 0.190. The Morgan fingerprint density at radius 3 is 2.52 bits per heavy atom. The highest BCUT2D eigenvalue weighted by atomic mass is 19.4. The lowest BCUT2D eigenvalue weighted by Gasteiger charge is -2.22. The molecule has 1 saturated carbocycles. The van der Waals surface area contributed by atoms with Crippen LogP contribution in [-0.4, -0.2) is 34.4 Å². The fraction of sp³-hybridized carbons (Fsp3) is 0.471. The molecule has 0 radical (unpaired) electrons. The molecule has 0 aliphatic heterocycles. The van der Waals surface area contributed by atoms with Crippen molar-refractivity contribution in [3.8, 4) is 11.4 Å². The summed E-state index contributed by atoms with van der Waals surface area (Å²) in [4.78, 5) is 20.8. The summed E-state index contributed by atoms with van der Waals surface area (Å²) in [5.74, 6) is -1.55. The van der Waals surface area contributed by atoms with E-state index in [-0.39, 0.29) is 24.4 Å². The molecule has 0 atom stereocenters. The first-order valence-corrected chi connectivity index (χ1v) is 8.49. The lowest BCUT2D eigenvalue weighted by Crippen LogP contribution is -2.43. The van der Waals surface area contributed by atoms with Crippen molar-refractivity contribution in [3.05, 3.63) is 35.7 Å². The molecule has 2 amide bonds. The Morgan fingerprint density at radius 1 is 1.30 bits per heavy atom. The molecule has 0 spiro atoms. The third kappa shape index (κ3) is 4.76. The van der Waals surface area contributed by atoms with Crippen molar-refractivity contribution >= 4 is 6.03 Å². The van der Waals surface area contributed by atoms with Gasteiger partial charge in [-0.2, -0.15) is 23.2 Å². The van der Waals surface area contributed by atoms with Crippen LogP contribution in [0.5, 0.6) is 0 Å². The van der Waals surface area contributed by atoms with Crippen LogP contribution in [0.4, 0.5) is 18.0 Å². The molecule has 1 aromatic heterocycles. The number of carbonyl (C=O) groups excluding carboxylic acids is 1. The second kappa shape index (κ2) is 7.95. The van der Waals surface area contributed by atoms with Gasteiger partial charge in [-0.25, -0.2) is 4.79 Å². The van der Waals surface area contributed by atoms with Crippen LogP contribution in [0.15, 0.2) is 28.8 Å². The summed E-state index contributed by atoms with van der Waals surface area (Å²) in [7, 11) is 1.40. The molecule has 1 aliphatic carbocycles. The largest absolute Gasteiger partial charge is 0.471 e. The Morgan fingerprint density at radius 2 is 1.96 bits per heavy atom. The standard InChI is InChI=1S/C17H19F3N4O3/c1-26-24(16(25)21-13-4-2-3-5-13)10-11-6-8-12(9-7-11)14-22-15(27-23-14)17(18,19)20/h6-9,13H,2-5,10H2,1H3,(H,21,25). The molecule has 1 aliphatic rings. The fourth-order valence-corrected chi connectivity index (χ4v) is 2.92. The normalized spacial score (nSPS) is 15.1. The number of benzene rings is 1. The summed E-state index contributed by atoms with van der Waals surface area (Å²) in [5.41, 5.74) is 1.11. The summed E-state index contributed by atoms with van der Waals surface area (Å²) < 4.78 is 41.8. The van der Waals surface area contributed by atoms with E-state index in [1.165, 1.54) is 12.2 Å². The molecule has 3 rings (SSSR count). The van der Waals surface area contributed by atoms with Gasteiger partial charge in [0.15, 0.2) is 0 Å². The summed E-state index contributed by atoms with van der Waals surface area (Å²) in [6, 6.07) is 6.29. The summed E-state index contributed by atoms with van der Waals surface area (Å²) in [6.07, 6.45) is -0.556. The molecule has 0 saturated heterocycles. The molecule has 1 heterocycles. The number of amides is 2. The average molecular weight is 384 g/mol. The fourth-order valence-electron chi connectivity index (χ4n) is 2.92. The number of aromatic nitrogens is 2. The smallest absolute Gasteiger partial charge is 0.333 e. The van der Waals surface area contributed by atoms with Crippen molar-refractivity contribution < 1.29 is 27.3 Å². The van der Waals surface area contributed by atoms with Gasteiger partial charge >= 0.3 is 18.1 Å². The quantitative estimate of drug-likeness (QED) is 0.794. The minimum absolute atomic E-state index is 0.156. The minimum atomic E-state index is -4.68. The summed E-state index contributed by atoms with van der Waals surface area (Å²) in [5, 5.41) is 7.47. The van der Waals surface area contributed by atoms with Crippen LogP contribution in [0.1, 0.15) is 37.1 Å². The van der Waals surface area contributed by atoms with Gasteiger partial charge in [-0.1, -0.05) is 42.3 Å². The zero-order chi connectivity index (χ0) is 19.4. The Bertz CT molecular complexity index is 770. The number of alkyl halides is 3. The molecule has 10 heteroatoms. The zero-order valence-corrected chi connectivity index (χ0v) is 14.6. The number of carbonyl (C=O) groups is 1. The van der Waals surface area contributed by atoms with Crippen molar-refractivity contribution in [2.24, 2.45) is 0 Å². The van der Waals surface area contributed by atoms with Crippen molar-refractivity contribution in [2.75, 3.05) is 7.11 Å². The third-order valence-electron chi connectivity index (χ3n) is 4.34. The number of halogens is 3. The molecular weight excluding hydrogens is 365 g/mol. The van der Waals surface area contributed by atoms with Gasteiger partial charge in [0, 0.05) is 11.6 Å². The maximum Gasteiger partial charge on any atom is 0.471 e. The molecule has 0 unspecified atom stereocenters. The van der Waals surface area contributed by atoms with Crippen molar-refractivity contribution in [2.45, 2.75) is 44.4 Å². The van der Waals surface area contributed by atoms with Crippen LogP contribution in [-0.2, 0) is 17.6 Å². The number of rotatable bonds is 5. The second-order valence-electron chi connectivity index (χ2n) is 6.27.